The fourth-order valence-corrected chi connectivity index (χ4v) is 3.43. The van der Waals surface area contributed by atoms with Crippen LogP contribution in [-0.2, 0) is 11.2 Å². The predicted molar refractivity (Wildman–Crippen MR) is 85.2 cm³/mol. The molecule has 0 fully saturated rings. The molecule has 0 saturated heterocycles. The van der Waals surface area contributed by atoms with Gasteiger partial charge in [0.25, 0.3) is 0 Å². The van der Waals surface area contributed by atoms with E-state index >= 15 is 0 Å². The molecule has 0 aliphatic heterocycles. The van der Waals surface area contributed by atoms with Crippen molar-refractivity contribution in [3.63, 3.8) is 0 Å². The van der Waals surface area contributed by atoms with Gasteiger partial charge in [0, 0.05) is 17.6 Å². The highest BCUT2D eigenvalue weighted by molar-refractivity contribution is 7.12. The van der Waals surface area contributed by atoms with Crippen molar-refractivity contribution >= 4 is 11.3 Å². The number of nitrogens with zero attached hydrogens (tertiary/aromatic N) is 1. The summed E-state index contributed by atoms with van der Waals surface area (Å²) in [6, 6.07) is 10.4. The Balaban J connectivity index is 2.37. The Labute approximate surface area is 125 Å². The lowest BCUT2D eigenvalue weighted by Gasteiger charge is -2.08. The summed E-state index contributed by atoms with van der Waals surface area (Å²) < 4.78 is 5.53. The molecule has 0 aliphatic carbocycles. The normalized spacial score (nSPS) is 12.6. The molecule has 2 aromatic rings. The van der Waals surface area contributed by atoms with E-state index in [0.717, 1.165) is 30.1 Å². The van der Waals surface area contributed by atoms with Crippen LogP contribution in [0.25, 0.3) is 11.3 Å². The van der Waals surface area contributed by atoms with Crippen LogP contribution in [0.4, 0.5) is 0 Å². The molecule has 0 saturated carbocycles. The number of thiazole rings is 1. The summed E-state index contributed by atoms with van der Waals surface area (Å²) in [5.74, 6) is 0. The maximum absolute atomic E-state index is 5.53. The highest BCUT2D eigenvalue weighted by Crippen LogP contribution is 2.33. The van der Waals surface area contributed by atoms with E-state index in [1.54, 1.807) is 18.4 Å². The first kappa shape index (κ1) is 15.2. The summed E-state index contributed by atoms with van der Waals surface area (Å²) in [7, 11) is 3.74. The molecule has 1 N–H and O–H groups in total. The zero-order chi connectivity index (χ0) is 14.4. The first-order valence-electron chi connectivity index (χ1n) is 7.02. The second kappa shape index (κ2) is 7.53. The van der Waals surface area contributed by atoms with Gasteiger partial charge >= 0.3 is 0 Å². The number of hydrogen-bond donors (Lipinski definition) is 1. The third-order valence-corrected chi connectivity index (χ3v) is 4.50. The summed E-state index contributed by atoms with van der Waals surface area (Å²) in [5, 5.41) is 4.29. The van der Waals surface area contributed by atoms with E-state index in [2.05, 4.69) is 36.5 Å². The number of hydrogen-bond acceptors (Lipinski definition) is 4. The Morgan fingerprint density at radius 2 is 2.05 bits per heavy atom. The van der Waals surface area contributed by atoms with Crippen LogP contribution in [0.15, 0.2) is 30.3 Å². The van der Waals surface area contributed by atoms with E-state index in [4.69, 9.17) is 9.72 Å². The van der Waals surface area contributed by atoms with Gasteiger partial charge in [-0.2, -0.15) is 0 Å². The lowest BCUT2D eigenvalue weighted by molar-refractivity contribution is 0.0998. The van der Waals surface area contributed by atoms with E-state index in [9.17, 15) is 0 Å². The predicted octanol–water partition coefficient (Wildman–Crippen LogP) is 3.67. The first-order valence-corrected chi connectivity index (χ1v) is 7.84. The van der Waals surface area contributed by atoms with E-state index < -0.39 is 0 Å². The average Bonchev–Trinajstić information content (AvgIpc) is 2.91. The minimum atomic E-state index is 0.103. The van der Waals surface area contributed by atoms with Gasteiger partial charge in [-0.25, -0.2) is 4.98 Å². The number of rotatable bonds is 7. The van der Waals surface area contributed by atoms with Gasteiger partial charge in [-0.1, -0.05) is 37.3 Å². The summed E-state index contributed by atoms with van der Waals surface area (Å²) >= 11 is 1.78. The molecule has 1 heterocycles. The Kier molecular flexibility index (Phi) is 5.71. The van der Waals surface area contributed by atoms with Gasteiger partial charge in [0.05, 0.1) is 5.69 Å². The molecule has 0 spiro atoms. The number of nitrogens with one attached hydrogen (secondary N) is 1. The van der Waals surface area contributed by atoms with Gasteiger partial charge in [0.2, 0.25) is 0 Å². The molecule has 108 valence electrons. The highest BCUT2D eigenvalue weighted by atomic mass is 32.1. The number of aromatic nitrogens is 1. The maximum atomic E-state index is 5.53. The molecule has 0 aliphatic rings. The van der Waals surface area contributed by atoms with Crippen molar-refractivity contribution in [1.29, 1.82) is 0 Å². The van der Waals surface area contributed by atoms with Gasteiger partial charge in [-0.3, -0.25) is 0 Å². The maximum Gasteiger partial charge on any atom is 0.122 e. The highest BCUT2D eigenvalue weighted by Gasteiger charge is 2.18. The second-order valence-electron chi connectivity index (χ2n) is 4.68. The standard InChI is InChI=1S/C16H22N2OS/c1-4-13(19-3)16-18-15(12-8-6-5-7-9-12)14(20-16)10-11-17-2/h5-9,13,17H,4,10-11H2,1-3H3. The van der Waals surface area contributed by atoms with Crippen LogP contribution in [-0.4, -0.2) is 25.7 Å². The number of benzene rings is 1. The van der Waals surface area contributed by atoms with Crippen LogP contribution >= 0.6 is 11.3 Å². The molecule has 0 bridgehead atoms. The van der Waals surface area contributed by atoms with E-state index in [0.29, 0.717) is 0 Å². The smallest absolute Gasteiger partial charge is 0.122 e. The topological polar surface area (TPSA) is 34.1 Å². The van der Waals surface area contributed by atoms with Crippen molar-refractivity contribution in [3.8, 4) is 11.3 Å². The Hall–Kier alpha value is -1.23. The summed E-state index contributed by atoms with van der Waals surface area (Å²) in [6.07, 6.45) is 2.05. The zero-order valence-corrected chi connectivity index (χ0v) is 13.2. The molecule has 1 aromatic heterocycles. The molecular weight excluding hydrogens is 268 g/mol. The molecule has 4 heteroatoms. The van der Waals surface area contributed by atoms with Gasteiger partial charge in [0.15, 0.2) is 0 Å². The monoisotopic (exact) mass is 290 g/mol. The van der Waals surface area contributed by atoms with Crippen LogP contribution in [0.5, 0.6) is 0 Å². The van der Waals surface area contributed by atoms with Gasteiger partial charge in [-0.05, 0) is 26.4 Å². The van der Waals surface area contributed by atoms with Gasteiger partial charge in [-0.15, -0.1) is 11.3 Å². The van der Waals surface area contributed by atoms with Gasteiger partial charge in [0.1, 0.15) is 11.1 Å². The van der Waals surface area contributed by atoms with Gasteiger partial charge < -0.3 is 10.1 Å². The number of likely N-dealkylation sites (N-methyl/N-ethyl adjacent to an activating group) is 1. The van der Waals surface area contributed by atoms with Crippen molar-refractivity contribution < 1.29 is 4.74 Å². The summed E-state index contributed by atoms with van der Waals surface area (Å²) in [5.41, 5.74) is 2.29. The molecular formula is C16H22N2OS. The van der Waals surface area contributed by atoms with Crippen molar-refractivity contribution in [2.75, 3.05) is 20.7 Å². The van der Waals surface area contributed by atoms with Crippen molar-refractivity contribution in [1.82, 2.24) is 10.3 Å². The molecule has 20 heavy (non-hydrogen) atoms. The van der Waals surface area contributed by atoms with E-state index in [1.165, 1.54) is 10.4 Å². The van der Waals surface area contributed by atoms with Crippen molar-refractivity contribution in [2.24, 2.45) is 0 Å². The zero-order valence-electron chi connectivity index (χ0n) is 12.3. The fraction of sp³-hybridized carbons (Fsp3) is 0.438. The lowest BCUT2D eigenvalue weighted by atomic mass is 10.1. The Morgan fingerprint density at radius 3 is 2.65 bits per heavy atom. The molecule has 1 aromatic carbocycles. The summed E-state index contributed by atoms with van der Waals surface area (Å²) in [6.45, 7) is 3.09. The summed E-state index contributed by atoms with van der Waals surface area (Å²) in [4.78, 5) is 6.17. The fourth-order valence-electron chi connectivity index (χ4n) is 2.18. The minimum Gasteiger partial charge on any atom is -0.374 e. The van der Waals surface area contributed by atoms with Crippen LogP contribution in [0.1, 0.15) is 29.3 Å². The average molecular weight is 290 g/mol. The quantitative estimate of drug-likeness (QED) is 0.845. The van der Waals surface area contributed by atoms with E-state index in [1.807, 2.05) is 13.1 Å². The molecule has 1 unspecified atom stereocenters. The number of methoxy groups -OCH3 is 1. The molecule has 3 nitrogen and oxygen atoms in total. The third-order valence-electron chi connectivity index (χ3n) is 3.29. The van der Waals surface area contributed by atoms with Crippen LogP contribution < -0.4 is 5.32 Å². The molecule has 0 amide bonds. The molecule has 0 radical (unpaired) electrons. The SMILES string of the molecule is CCC(OC)c1nc(-c2ccccc2)c(CCNC)s1. The van der Waals surface area contributed by atoms with E-state index in [-0.39, 0.29) is 6.10 Å². The van der Waals surface area contributed by atoms with Crippen molar-refractivity contribution in [2.45, 2.75) is 25.9 Å². The Morgan fingerprint density at radius 1 is 1.30 bits per heavy atom. The van der Waals surface area contributed by atoms with Crippen LogP contribution in [0.3, 0.4) is 0 Å². The Bertz CT molecular complexity index is 521. The number of ether oxygens (including phenoxy) is 1. The molecule has 1 atom stereocenters. The van der Waals surface area contributed by atoms with Crippen LogP contribution in [0.2, 0.25) is 0 Å². The largest absolute Gasteiger partial charge is 0.374 e. The molecule has 2 rings (SSSR count). The first-order chi connectivity index (χ1) is 9.80. The minimum absolute atomic E-state index is 0.103. The second-order valence-corrected chi connectivity index (χ2v) is 5.79. The third kappa shape index (κ3) is 3.45. The van der Waals surface area contributed by atoms with Crippen molar-refractivity contribution in [3.05, 3.63) is 40.2 Å². The lowest BCUT2D eigenvalue weighted by Crippen LogP contribution is -2.09. The van der Waals surface area contributed by atoms with Crippen LogP contribution in [0, 0.1) is 0 Å².